The summed E-state index contributed by atoms with van der Waals surface area (Å²) in [6, 6.07) is 0.655. The number of rotatable bonds is 3. The van der Waals surface area contributed by atoms with E-state index in [4.69, 9.17) is 0 Å². The molecule has 3 unspecified atom stereocenters. The normalized spacial score (nSPS) is 33.2. The maximum absolute atomic E-state index is 12.6. The number of halogens is 1. The summed E-state index contributed by atoms with van der Waals surface area (Å²) < 4.78 is 12.6. The van der Waals surface area contributed by atoms with Gasteiger partial charge in [-0.25, -0.2) is 4.39 Å². The first-order valence-corrected chi connectivity index (χ1v) is 5.47. The lowest BCUT2D eigenvalue weighted by Crippen LogP contribution is -2.41. The van der Waals surface area contributed by atoms with Gasteiger partial charge in [-0.3, -0.25) is 0 Å². The van der Waals surface area contributed by atoms with Crippen LogP contribution in [0.25, 0.3) is 0 Å². The van der Waals surface area contributed by atoms with E-state index in [0.717, 1.165) is 19.0 Å². The molecule has 1 heterocycles. The number of likely N-dealkylation sites (tertiary alicyclic amines) is 1. The van der Waals surface area contributed by atoms with Crippen LogP contribution in [0.3, 0.4) is 0 Å². The van der Waals surface area contributed by atoms with Crippen LogP contribution in [0.5, 0.6) is 0 Å². The first kappa shape index (κ1) is 11.0. The fraction of sp³-hybridized carbons (Fsp3) is 1.00. The third kappa shape index (κ3) is 3.63. The SMILES string of the molecule is CC(F)CCN1CCC(C)CC1C. The molecule has 1 rings (SSSR count). The lowest BCUT2D eigenvalue weighted by molar-refractivity contribution is 0.118. The third-order valence-corrected chi connectivity index (χ3v) is 3.09. The summed E-state index contributed by atoms with van der Waals surface area (Å²) in [4.78, 5) is 2.43. The van der Waals surface area contributed by atoms with Crippen LogP contribution in [0.1, 0.15) is 40.0 Å². The Hall–Kier alpha value is -0.110. The Balaban J connectivity index is 2.25. The number of hydrogen-bond donors (Lipinski definition) is 0. The fourth-order valence-electron chi connectivity index (χ4n) is 2.13. The first-order valence-electron chi connectivity index (χ1n) is 5.47. The highest BCUT2D eigenvalue weighted by atomic mass is 19.1. The summed E-state index contributed by atoms with van der Waals surface area (Å²) in [6.45, 7) is 8.32. The quantitative estimate of drug-likeness (QED) is 0.656. The predicted molar refractivity (Wildman–Crippen MR) is 54.6 cm³/mol. The largest absolute Gasteiger partial charge is 0.301 e. The minimum atomic E-state index is -0.647. The lowest BCUT2D eigenvalue weighted by atomic mass is 9.93. The highest BCUT2D eigenvalue weighted by molar-refractivity contribution is 4.77. The van der Waals surface area contributed by atoms with Crippen molar-refractivity contribution in [3.05, 3.63) is 0 Å². The highest BCUT2D eigenvalue weighted by Gasteiger charge is 2.22. The summed E-state index contributed by atoms with van der Waals surface area (Å²) in [5, 5.41) is 0. The van der Waals surface area contributed by atoms with Gasteiger partial charge in [0.05, 0.1) is 6.17 Å². The Morgan fingerprint density at radius 2 is 2.15 bits per heavy atom. The second-order valence-corrected chi connectivity index (χ2v) is 4.58. The first-order chi connectivity index (χ1) is 6.09. The zero-order valence-corrected chi connectivity index (χ0v) is 9.09. The Morgan fingerprint density at radius 3 is 2.69 bits per heavy atom. The van der Waals surface area contributed by atoms with Gasteiger partial charge < -0.3 is 4.90 Å². The standard InChI is InChI=1S/C11H22FN/c1-9-4-6-13(11(3)8-9)7-5-10(2)12/h9-11H,4-8H2,1-3H3. The van der Waals surface area contributed by atoms with Crippen LogP contribution in [-0.2, 0) is 0 Å². The van der Waals surface area contributed by atoms with Crippen LogP contribution >= 0.6 is 0 Å². The van der Waals surface area contributed by atoms with Gasteiger partial charge in [0.1, 0.15) is 0 Å². The van der Waals surface area contributed by atoms with Crippen molar-refractivity contribution in [3.8, 4) is 0 Å². The van der Waals surface area contributed by atoms with Gasteiger partial charge in [0.15, 0.2) is 0 Å². The maximum atomic E-state index is 12.6. The number of alkyl halides is 1. The Labute approximate surface area is 81.3 Å². The molecule has 1 aliphatic rings. The smallest absolute Gasteiger partial charge is 0.0985 e. The molecule has 2 heteroatoms. The van der Waals surface area contributed by atoms with Gasteiger partial charge in [-0.1, -0.05) is 6.92 Å². The van der Waals surface area contributed by atoms with Gasteiger partial charge in [-0.05, 0) is 45.6 Å². The van der Waals surface area contributed by atoms with Gasteiger partial charge in [-0.15, -0.1) is 0 Å². The molecule has 0 bridgehead atoms. The van der Waals surface area contributed by atoms with Crippen LogP contribution in [0.4, 0.5) is 4.39 Å². The fourth-order valence-corrected chi connectivity index (χ4v) is 2.13. The summed E-state index contributed by atoms with van der Waals surface area (Å²) in [6.07, 6.45) is 2.61. The molecule has 1 saturated heterocycles. The summed E-state index contributed by atoms with van der Waals surface area (Å²) >= 11 is 0. The molecule has 0 aromatic carbocycles. The molecule has 1 nitrogen and oxygen atoms in total. The van der Waals surface area contributed by atoms with Crippen LogP contribution in [0.2, 0.25) is 0 Å². The molecule has 3 atom stereocenters. The topological polar surface area (TPSA) is 3.24 Å². The lowest BCUT2D eigenvalue weighted by Gasteiger charge is -2.36. The van der Waals surface area contributed by atoms with Crippen molar-refractivity contribution in [2.45, 2.75) is 52.2 Å². The van der Waals surface area contributed by atoms with E-state index in [1.807, 2.05) is 0 Å². The monoisotopic (exact) mass is 187 g/mol. The molecule has 1 aliphatic heterocycles. The van der Waals surface area contributed by atoms with E-state index in [0.29, 0.717) is 12.5 Å². The highest BCUT2D eigenvalue weighted by Crippen LogP contribution is 2.22. The van der Waals surface area contributed by atoms with E-state index in [1.54, 1.807) is 6.92 Å². The average Bonchev–Trinajstić information content (AvgIpc) is 2.02. The van der Waals surface area contributed by atoms with Crippen molar-refractivity contribution >= 4 is 0 Å². The van der Waals surface area contributed by atoms with E-state index in [1.165, 1.54) is 12.8 Å². The van der Waals surface area contributed by atoms with Crippen molar-refractivity contribution in [2.75, 3.05) is 13.1 Å². The van der Waals surface area contributed by atoms with E-state index in [-0.39, 0.29) is 0 Å². The Bertz CT molecular complexity index is 147. The van der Waals surface area contributed by atoms with E-state index < -0.39 is 6.17 Å². The van der Waals surface area contributed by atoms with Crippen LogP contribution in [-0.4, -0.2) is 30.2 Å². The second-order valence-electron chi connectivity index (χ2n) is 4.58. The van der Waals surface area contributed by atoms with Crippen molar-refractivity contribution < 1.29 is 4.39 Å². The number of nitrogens with zero attached hydrogens (tertiary/aromatic N) is 1. The van der Waals surface area contributed by atoms with Crippen LogP contribution in [0.15, 0.2) is 0 Å². The molecule has 0 amide bonds. The molecular formula is C11H22FN. The van der Waals surface area contributed by atoms with Gasteiger partial charge >= 0.3 is 0 Å². The van der Waals surface area contributed by atoms with Gasteiger partial charge in [0.2, 0.25) is 0 Å². The van der Waals surface area contributed by atoms with E-state index in [9.17, 15) is 4.39 Å². The molecule has 0 aliphatic carbocycles. The van der Waals surface area contributed by atoms with Gasteiger partial charge in [0.25, 0.3) is 0 Å². The van der Waals surface area contributed by atoms with Gasteiger partial charge in [0, 0.05) is 12.6 Å². The molecule has 0 spiro atoms. The minimum Gasteiger partial charge on any atom is -0.301 e. The second kappa shape index (κ2) is 4.94. The van der Waals surface area contributed by atoms with Crippen LogP contribution in [0, 0.1) is 5.92 Å². The molecule has 0 aromatic rings. The molecule has 13 heavy (non-hydrogen) atoms. The van der Waals surface area contributed by atoms with E-state index in [2.05, 4.69) is 18.7 Å². The van der Waals surface area contributed by atoms with Crippen LogP contribution < -0.4 is 0 Å². The zero-order valence-electron chi connectivity index (χ0n) is 9.09. The van der Waals surface area contributed by atoms with Crippen molar-refractivity contribution in [3.63, 3.8) is 0 Å². The molecular weight excluding hydrogens is 165 g/mol. The van der Waals surface area contributed by atoms with Crippen molar-refractivity contribution in [1.29, 1.82) is 0 Å². The zero-order chi connectivity index (χ0) is 9.84. The summed E-state index contributed by atoms with van der Waals surface area (Å²) in [5.74, 6) is 0.856. The molecule has 0 aromatic heterocycles. The molecule has 1 fully saturated rings. The molecule has 0 radical (unpaired) electrons. The summed E-state index contributed by atoms with van der Waals surface area (Å²) in [7, 11) is 0. The van der Waals surface area contributed by atoms with Crippen molar-refractivity contribution in [1.82, 2.24) is 4.90 Å². The van der Waals surface area contributed by atoms with Gasteiger partial charge in [-0.2, -0.15) is 0 Å². The Kier molecular flexibility index (Phi) is 4.17. The van der Waals surface area contributed by atoms with Crippen molar-refractivity contribution in [2.24, 2.45) is 5.92 Å². The number of hydrogen-bond acceptors (Lipinski definition) is 1. The molecule has 78 valence electrons. The average molecular weight is 187 g/mol. The molecule has 0 N–H and O–H groups in total. The maximum Gasteiger partial charge on any atom is 0.0985 e. The summed E-state index contributed by atoms with van der Waals surface area (Å²) in [5.41, 5.74) is 0. The predicted octanol–water partition coefficient (Wildman–Crippen LogP) is 2.85. The third-order valence-electron chi connectivity index (χ3n) is 3.09. The molecule has 0 saturated carbocycles. The van der Waals surface area contributed by atoms with E-state index >= 15 is 0 Å². The minimum absolute atomic E-state index is 0.647. The number of piperidine rings is 1. The Morgan fingerprint density at radius 1 is 1.46 bits per heavy atom.